The Labute approximate surface area is 129 Å². The van der Waals surface area contributed by atoms with Crippen molar-refractivity contribution in [3.63, 3.8) is 0 Å². The van der Waals surface area contributed by atoms with E-state index in [0.29, 0.717) is 6.04 Å². The van der Waals surface area contributed by atoms with Gasteiger partial charge in [0.15, 0.2) is 0 Å². The van der Waals surface area contributed by atoms with Crippen molar-refractivity contribution in [2.75, 3.05) is 42.9 Å². The van der Waals surface area contributed by atoms with E-state index >= 15 is 0 Å². The molecule has 1 N–H and O–H groups in total. The number of hydrogen-bond acceptors (Lipinski definition) is 4. The highest BCUT2D eigenvalue weighted by molar-refractivity contribution is 5.49. The predicted molar refractivity (Wildman–Crippen MR) is 91.2 cm³/mol. The second-order valence-electron chi connectivity index (χ2n) is 5.84. The van der Waals surface area contributed by atoms with E-state index in [1.807, 2.05) is 6.20 Å². The Kier molecular flexibility index (Phi) is 6.30. The number of aromatic nitrogens is 1. The zero-order valence-corrected chi connectivity index (χ0v) is 13.8. The van der Waals surface area contributed by atoms with Crippen LogP contribution < -0.4 is 10.2 Å². The van der Waals surface area contributed by atoms with Crippen LogP contribution in [-0.4, -0.2) is 48.6 Å². The number of pyridine rings is 1. The van der Waals surface area contributed by atoms with E-state index in [0.717, 1.165) is 24.6 Å². The molecule has 1 saturated heterocycles. The van der Waals surface area contributed by atoms with Gasteiger partial charge in [0.2, 0.25) is 0 Å². The Balaban J connectivity index is 1.84. The highest BCUT2D eigenvalue weighted by atomic mass is 15.2. The first-order valence-corrected chi connectivity index (χ1v) is 8.46. The van der Waals surface area contributed by atoms with E-state index < -0.39 is 0 Å². The molecule has 0 unspecified atom stereocenters. The summed E-state index contributed by atoms with van der Waals surface area (Å²) >= 11 is 0. The lowest BCUT2D eigenvalue weighted by Gasteiger charge is -2.32. The Morgan fingerprint density at radius 1 is 1.19 bits per heavy atom. The third-order valence-corrected chi connectivity index (χ3v) is 4.33. The van der Waals surface area contributed by atoms with Crippen molar-refractivity contribution in [3.8, 4) is 0 Å². The molecule has 0 aromatic carbocycles. The second kappa shape index (κ2) is 8.23. The summed E-state index contributed by atoms with van der Waals surface area (Å²) in [4.78, 5) is 9.42. The van der Waals surface area contributed by atoms with Gasteiger partial charge in [0.25, 0.3) is 0 Å². The summed E-state index contributed by atoms with van der Waals surface area (Å²) in [5, 5.41) is 3.64. The van der Waals surface area contributed by atoms with Crippen LogP contribution in [0.5, 0.6) is 0 Å². The summed E-state index contributed by atoms with van der Waals surface area (Å²) in [7, 11) is 0. The van der Waals surface area contributed by atoms with Crippen LogP contribution >= 0.6 is 0 Å². The molecule has 1 fully saturated rings. The van der Waals surface area contributed by atoms with Crippen LogP contribution in [0.15, 0.2) is 18.3 Å². The van der Waals surface area contributed by atoms with E-state index in [4.69, 9.17) is 0 Å². The summed E-state index contributed by atoms with van der Waals surface area (Å²) in [6.45, 7) is 12.3. The van der Waals surface area contributed by atoms with Gasteiger partial charge in [0, 0.05) is 32.2 Å². The van der Waals surface area contributed by atoms with Crippen LogP contribution in [0.2, 0.25) is 0 Å². The lowest BCUT2D eigenvalue weighted by molar-refractivity contribution is 0.219. The van der Waals surface area contributed by atoms with Gasteiger partial charge in [-0.05, 0) is 51.8 Å². The molecule has 1 aromatic heterocycles. The van der Waals surface area contributed by atoms with Crippen LogP contribution in [0.4, 0.5) is 11.5 Å². The quantitative estimate of drug-likeness (QED) is 0.835. The first kappa shape index (κ1) is 16.1. The van der Waals surface area contributed by atoms with Gasteiger partial charge >= 0.3 is 0 Å². The third-order valence-electron chi connectivity index (χ3n) is 4.33. The van der Waals surface area contributed by atoms with Crippen molar-refractivity contribution in [3.05, 3.63) is 18.3 Å². The molecule has 2 rings (SSSR count). The van der Waals surface area contributed by atoms with E-state index in [9.17, 15) is 0 Å². The fourth-order valence-corrected chi connectivity index (χ4v) is 3.06. The van der Waals surface area contributed by atoms with E-state index in [1.165, 1.54) is 38.9 Å². The highest BCUT2D eigenvalue weighted by Gasteiger charge is 2.18. The molecule has 0 saturated carbocycles. The normalized spacial score (nSPS) is 16.9. The fraction of sp³-hybridized carbons (Fsp3) is 0.706. The maximum absolute atomic E-state index is 4.58. The predicted octanol–water partition coefficient (Wildman–Crippen LogP) is 3.21. The molecule has 0 amide bonds. The van der Waals surface area contributed by atoms with E-state index in [-0.39, 0.29) is 0 Å². The van der Waals surface area contributed by atoms with E-state index in [2.05, 4.69) is 53.0 Å². The number of nitrogens with one attached hydrogen (secondary N) is 1. The van der Waals surface area contributed by atoms with Crippen LogP contribution in [0, 0.1) is 0 Å². The van der Waals surface area contributed by atoms with Crippen molar-refractivity contribution in [2.45, 2.75) is 46.1 Å². The zero-order valence-electron chi connectivity index (χ0n) is 13.8. The first-order valence-electron chi connectivity index (χ1n) is 8.46. The molecule has 0 atom stereocenters. The fourth-order valence-electron chi connectivity index (χ4n) is 3.06. The molecular weight excluding hydrogens is 260 g/mol. The van der Waals surface area contributed by atoms with Crippen molar-refractivity contribution in [1.82, 2.24) is 9.88 Å². The number of nitrogens with zero attached hydrogens (tertiary/aromatic N) is 3. The SMILES string of the molecule is CCCN1CCC(Nc2ccc(N(CC)CC)nc2)CC1. The molecule has 2 heterocycles. The Morgan fingerprint density at radius 3 is 2.43 bits per heavy atom. The summed E-state index contributed by atoms with van der Waals surface area (Å²) < 4.78 is 0. The van der Waals surface area contributed by atoms with Crippen molar-refractivity contribution in [2.24, 2.45) is 0 Å². The Morgan fingerprint density at radius 2 is 1.90 bits per heavy atom. The van der Waals surface area contributed by atoms with Gasteiger partial charge in [0.1, 0.15) is 5.82 Å². The second-order valence-corrected chi connectivity index (χ2v) is 5.84. The smallest absolute Gasteiger partial charge is 0.128 e. The average molecular weight is 290 g/mol. The monoisotopic (exact) mass is 290 g/mol. The van der Waals surface area contributed by atoms with Gasteiger partial charge < -0.3 is 15.1 Å². The van der Waals surface area contributed by atoms with Gasteiger partial charge in [-0.1, -0.05) is 6.92 Å². The zero-order chi connectivity index (χ0) is 15.1. The topological polar surface area (TPSA) is 31.4 Å². The number of hydrogen-bond donors (Lipinski definition) is 1. The van der Waals surface area contributed by atoms with Crippen LogP contribution in [-0.2, 0) is 0 Å². The first-order chi connectivity index (χ1) is 10.3. The summed E-state index contributed by atoms with van der Waals surface area (Å²) in [5.41, 5.74) is 1.15. The molecular formula is C17H30N4. The van der Waals surface area contributed by atoms with Crippen LogP contribution in [0.25, 0.3) is 0 Å². The summed E-state index contributed by atoms with van der Waals surface area (Å²) in [6.07, 6.45) is 5.70. The molecule has 118 valence electrons. The van der Waals surface area contributed by atoms with Gasteiger partial charge in [-0.15, -0.1) is 0 Å². The largest absolute Gasteiger partial charge is 0.381 e. The van der Waals surface area contributed by atoms with Crippen molar-refractivity contribution in [1.29, 1.82) is 0 Å². The third kappa shape index (κ3) is 4.60. The molecule has 0 radical (unpaired) electrons. The number of anilines is 2. The Bertz CT molecular complexity index is 392. The minimum Gasteiger partial charge on any atom is -0.381 e. The minimum absolute atomic E-state index is 0.596. The van der Waals surface area contributed by atoms with Crippen molar-refractivity contribution < 1.29 is 0 Å². The molecule has 0 bridgehead atoms. The molecule has 1 aliphatic rings. The van der Waals surface area contributed by atoms with Gasteiger partial charge in [0.05, 0.1) is 11.9 Å². The lowest BCUT2D eigenvalue weighted by Crippen LogP contribution is -2.39. The van der Waals surface area contributed by atoms with E-state index in [1.54, 1.807) is 0 Å². The summed E-state index contributed by atoms with van der Waals surface area (Å²) in [5.74, 6) is 1.07. The van der Waals surface area contributed by atoms with Gasteiger partial charge in [-0.25, -0.2) is 4.98 Å². The summed E-state index contributed by atoms with van der Waals surface area (Å²) in [6, 6.07) is 4.89. The van der Waals surface area contributed by atoms with Crippen LogP contribution in [0.3, 0.4) is 0 Å². The number of piperidine rings is 1. The van der Waals surface area contributed by atoms with Gasteiger partial charge in [-0.2, -0.15) is 0 Å². The maximum Gasteiger partial charge on any atom is 0.128 e. The highest BCUT2D eigenvalue weighted by Crippen LogP contribution is 2.18. The average Bonchev–Trinajstić information content (AvgIpc) is 2.52. The maximum atomic E-state index is 4.58. The molecule has 4 nitrogen and oxygen atoms in total. The van der Waals surface area contributed by atoms with Crippen LogP contribution in [0.1, 0.15) is 40.0 Å². The molecule has 0 aliphatic carbocycles. The standard InChI is InChI=1S/C17H30N4/c1-4-11-20-12-9-15(10-13-20)19-16-7-8-17(18-14-16)21(5-2)6-3/h7-8,14-15,19H,4-6,9-13H2,1-3H3. The minimum atomic E-state index is 0.596. The molecule has 21 heavy (non-hydrogen) atoms. The molecule has 1 aliphatic heterocycles. The number of likely N-dealkylation sites (tertiary alicyclic amines) is 1. The molecule has 1 aromatic rings. The Hall–Kier alpha value is -1.29. The lowest BCUT2D eigenvalue weighted by atomic mass is 10.0. The van der Waals surface area contributed by atoms with Gasteiger partial charge in [-0.3, -0.25) is 0 Å². The number of rotatable bonds is 7. The van der Waals surface area contributed by atoms with Crippen molar-refractivity contribution >= 4 is 11.5 Å². The molecule has 0 spiro atoms. The molecule has 4 heteroatoms.